The van der Waals surface area contributed by atoms with Gasteiger partial charge in [-0.05, 0) is 25.1 Å². The van der Waals surface area contributed by atoms with E-state index in [1.807, 2.05) is 6.07 Å². The molecule has 114 valence electrons. The summed E-state index contributed by atoms with van der Waals surface area (Å²) in [7, 11) is -1.68. The molecule has 0 aromatic carbocycles. The zero-order chi connectivity index (χ0) is 15.4. The Bertz CT molecular complexity index is 431. The van der Waals surface area contributed by atoms with Crippen LogP contribution >= 0.6 is 0 Å². The lowest BCUT2D eigenvalue weighted by Crippen LogP contribution is -2.42. The van der Waals surface area contributed by atoms with Gasteiger partial charge in [-0.3, -0.25) is 0 Å². The van der Waals surface area contributed by atoms with Crippen molar-refractivity contribution in [3.63, 3.8) is 0 Å². The molecule has 1 heterocycles. The standard InChI is InChI=1S/C14H28N4OSi/c1-7-18(12-10-13(15)17-16-11-12)8-9-19-20(5,6)14(2,3)4/h10-11H,7-9H2,1-6H3,(H2,15,17). The van der Waals surface area contributed by atoms with Gasteiger partial charge in [0.25, 0.3) is 0 Å². The zero-order valence-electron chi connectivity index (χ0n) is 13.6. The number of nitrogen functional groups attached to an aromatic ring is 1. The molecule has 1 aromatic heterocycles. The van der Waals surface area contributed by atoms with Crippen LogP contribution in [0.3, 0.4) is 0 Å². The summed E-state index contributed by atoms with van der Waals surface area (Å²) in [5.41, 5.74) is 6.68. The predicted octanol–water partition coefficient (Wildman–Crippen LogP) is 2.91. The first-order valence-electron chi connectivity index (χ1n) is 7.14. The summed E-state index contributed by atoms with van der Waals surface area (Å²) in [5.74, 6) is 0.450. The van der Waals surface area contributed by atoms with Gasteiger partial charge < -0.3 is 15.1 Å². The predicted molar refractivity (Wildman–Crippen MR) is 87.5 cm³/mol. The SMILES string of the molecule is CCN(CCO[Si](C)(C)C(C)(C)C)c1cnnc(N)c1. The lowest BCUT2D eigenvalue weighted by atomic mass is 10.2. The molecule has 0 aliphatic rings. The second kappa shape index (κ2) is 6.54. The maximum Gasteiger partial charge on any atom is 0.192 e. The highest BCUT2D eigenvalue weighted by molar-refractivity contribution is 6.74. The fourth-order valence-electron chi connectivity index (χ4n) is 1.64. The Hall–Kier alpha value is -1.14. The second-order valence-corrected chi connectivity index (χ2v) is 11.3. The Balaban J connectivity index is 2.59. The first-order valence-corrected chi connectivity index (χ1v) is 10.1. The van der Waals surface area contributed by atoms with Crippen LogP contribution in [0.15, 0.2) is 12.3 Å². The molecule has 0 fully saturated rings. The van der Waals surface area contributed by atoms with Crippen molar-refractivity contribution < 1.29 is 4.43 Å². The van der Waals surface area contributed by atoms with E-state index >= 15 is 0 Å². The molecule has 0 saturated carbocycles. The quantitative estimate of drug-likeness (QED) is 0.818. The monoisotopic (exact) mass is 296 g/mol. The van der Waals surface area contributed by atoms with Gasteiger partial charge in [0.2, 0.25) is 0 Å². The van der Waals surface area contributed by atoms with Crippen molar-refractivity contribution in [3.05, 3.63) is 12.3 Å². The van der Waals surface area contributed by atoms with E-state index < -0.39 is 8.32 Å². The number of nitrogens with two attached hydrogens (primary N) is 1. The summed E-state index contributed by atoms with van der Waals surface area (Å²) >= 11 is 0. The van der Waals surface area contributed by atoms with E-state index in [0.29, 0.717) is 5.82 Å². The summed E-state index contributed by atoms with van der Waals surface area (Å²) in [6, 6.07) is 1.85. The van der Waals surface area contributed by atoms with Crippen LogP contribution in [-0.2, 0) is 4.43 Å². The van der Waals surface area contributed by atoms with Crippen LogP contribution in [0.2, 0.25) is 18.1 Å². The van der Waals surface area contributed by atoms with Gasteiger partial charge in [0, 0.05) is 19.2 Å². The molecule has 0 radical (unpaired) electrons. The number of aromatic nitrogens is 2. The van der Waals surface area contributed by atoms with Crippen LogP contribution in [0.4, 0.5) is 11.5 Å². The van der Waals surface area contributed by atoms with Crippen LogP contribution in [-0.4, -0.2) is 38.2 Å². The molecule has 1 rings (SSSR count). The number of likely N-dealkylation sites (N-methyl/N-ethyl adjacent to an activating group) is 1. The molecule has 2 N–H and O–H groups in total. The van der Waals surface area contributed by atoms with Crippen molar-refractivity contribution in [2.24, 2.45) is 0 Å². The highest BCUT2D eigenvalue weighted by Crippen LogP contribution is 2.36. The van der Waals surface area contributed by atoms with E-state index in [9.17, 15) is 0 Å². The molecule has 0 aliphatic heterocycles. The van der Waals surface area contributed by atoms with Crippen molar-refractivity contribution >= 4 is 19.8 Å². The van der Waals surface area contributed by atoms with Gasteiger partial charge in [0.1, 0.15) is 5.82 Å². The van der Waals surface area contributed by atoms with Crippen LogP contribution < -0.4 is 10.6 Å². The Labute approximate surface area is 123 Å². The molecule has 0 unspecified atom stereocenters. The van der Waals surface area contributed by atoms with E-state index in [0.717, 1.165) is 25.4 Å². The molecule has 0 atom stereocenters. The van der Waals surface area contributed by atoms with Gasteiger partial charge in [0.15, 0.2) is 8.32 Å². The van der Waals surface area contributed by atoms with E-state index in [2.05, 4.69) is 55.9 Å². The lowest BCUT2D eigenvalue weighted by Gasteiger charge is -2.37. The lowest BCUT2D eigenvalue weighted by molar-refractivity contribution is 0.294. The summed E-state index contributed by atoms with van der Waals surface area (Å²) in [6.45, 7) is 15.9. The minimum atomic E-state index is -1.68. The molecule has 0 saturated heterocycles. The molecule has 5 nitrogen and oxygen atoms in total. The van der Waals surface area contributed by atoms with Gasteiger partial charge in [-0.15, -0.1) is 5.10 Å². The van der Waals surface area contributed by atoms with Gasteiger partial charge in [-0.25, -0.2) is 0 Å². The first kappa shape index (κ1) is 16.9. The highest BCUT2D eigenvalue weighted by Gasteiger charge is 2.36. The van der Waals surface area contributed by atoms with Crippen molar-refractivity contribution in [3.8, 4) is 0 Å². The minimum Gasteiger partial charge on any atom is -0.415 e. The number of anilines is 2. The zero-order valence-corrected chi connectivity index (χ0v) is 14.6. The maximum atomic E-state index is 6.21. The fourth-order valence-corrected chi connectivity index (χ4v) is 2.68. The Morgan fingerprint density at radius 3 is 2.50 bits per heavy atom. The summed E-state index contributed by atoms with van der Waals surface area (Å²) < 4.78 is 6.21. The van der Waals surface area contributed by atoms with Gasteiger partial charge in [0.05, 0.1) is 18.5 Å². The number of hydrogen-bond donors (Lipinski definition) is 1. The molecule has 20 heavy (non-hydrogen) atoms. The number of rotatable bonds is 6. The Kier molecular flexibility index (Phi) is 5.53. The molecule has 0 amide bonds. The molecule has 1 aromatic rings. The van der Waals surface area contributed by atoms with Crippen LogP contribution in [0, 0.1) is 0 Å². The van der Waals surface area contributed by atoms with E-state index in [-0.39, 0.29) is 5.04 Å². The third kappa shape index (κ3) is 4.45. The average molecular weight is 296 g/mol. The molecular weight excluding hydrogens is 268 g/mol. The third-order valence-electron chi connectivity index (χ3n) is 4.04. The van der Waals surface area contributed by atoms with E-state index in [4.69, 9.17) is 10.2 Å². The van der Waals surface area contributed by atoms with Crippen molar-refractivity contribution in [1.82, 2.24) is 10.2 Å². The fraction of sp³-hybridized carbons (Fsp3) is 0.714. The average Bonchev–Trinajstić information content (AvgIpc) is 2.33. The summed E-state index contributed by atoms with van der Waals surface area (Å²) in [5, 5.41) is 7.93. The summed E-state index contributed by atoms with van der Waals surface area (Å²) in [6.07, 6.45) is 1.74. The van der Waals surface area contributed by atoms with Gasteiger partial charge in [-0.1, -0.05) is 20.8 Å². The van der Waals surface area contributed by atoms with Crippen LogP contribution in [0.5, 0.6) is 0 Å². The van der Waals surface area contributed by atoms with Crippen molar-refractivity contribution in [1.29, 1.82) is 0 Å². The third-order valence-corrected chi connectivity index (χ3v) is 8.57. The van der Waals surface area contributed by atoms with Crippen molar-refractivity contribution in [2.45, 2.75) is 45.8 Å². The van der Waals surface area contributed by atoms with Gasteiger partial charge >= 0.3 is 0 Å². The topological polar surface area (TPSA) is 64.3 Å². The molecular formula is C14H28N4OSi. The Morgan fingerprint density at radius 1 is 1.35 bits per heavy atom. The minimum absolute atomic E-state index is 0.243. The van der Waals surface area contributed by atoms with Crippen LogP contribution in [0.1, 0.15) is 27.7 Å². The van der Waals surface area contributed by atoms with Crippen LogP contribution in [0.25, 0.3) is 0 Å². The van der Waals surface area contributed by atoms with Gasteiger partial charge in [-0.2, -0.15) is 5.10 Å². The smallest absolute Gasteiger partial charge is 0.192 e. The maximum absolute atomic E-state index is 6.21. The second-order valence-electron chi connectivity index (χ2n) is 6.53. The molecule has 0 spiro atoms. The largest absolute Gasteiger partial charge is 0.415 e. The van der Waals surface area contributed by atoms with E-state index in [1.54, 1.807) is 6.20 Å². The van der Waals surface area contributed by atoms with E-state index in [1.165, 1.54) is 0 Å². The number of hydrogen-bond acceptors (Lipinski definition) is 5. The molecule has 0 aliphatic carbocycles. The highest BCUT2D eigenvalue weighted by atomic mass is 28.4. The van der Waals surface area contributed by atoms with Crippen molar-refractivity contribution in [2.75, 3.05) is 30.3 Å². The summed E-state index contributed by atoms with van der Waals surface area (Å²) in [4.78, 5) is 2.21. The molecule has 6 heteroatoms. The first-order chi connectivity index (χ1) is 9.17. The Morgan fingerprint density at radius 2 is 2.00 bits per heavy atom. The normalized spacial score (nSPS) is 12.5. The molecule has 0 bridgehead atoms. The number of nitrogens with zero attached hydrogens (tertiary/aromatic N) is 3.